The minimum atomic E-state index is -3.77. The molecule has 0 aliphatic heterocycles. The van der Waals surface area contributed by atoms with Crippen LogP contribution < -0.4 is 20.3 Å². The summed E-state index contributed by atoms with van der Waals surface area (Å²) < 4.78 is 25.9. The molecule has 1 aromatic heterocycles. The summed E-state index contributed by atoms with van der Waals surface area (Å²) in [5, 5.41) is 19.5. The van der Waals surface area contributed by atoms with Crippen LogP contribution in [-0.2, 0) is 21.2 Å². The van der Waals surface area contributed by atoms with Crippen molar-refractivity contribution in [3.8, 4) is 11.3 Å². The number of nitrogens with zero attached hydrogens (tertiary/aromatic N) is 2. The summed E-state index contributed by atoms with van der Waals surface area (Å²) in [6, 6.07) is 30.1. The van der Waals surface area contributed by atoms with E-state index in [1.165, 1.54) is 25.2 Å². The van der Waals surface area contributed by atoms with Crippen molar-refractivity contribution in [3.63, 3.8) is 0 Å². The molecule has 0 aliphatic rings. The number of hydrogen-bond acceptors (Lipinski definition) is 7. The van der Waals surface area contributed by atoms with Gasteiger partial charge in [-0.1, -0.05) is 91.0 Å². The molecule has 0 aliphatic carbocycles. The summed E-state index contributed by atoms with van der Waals surface area (Å²) in [7, 11) is -2.46. The SMILES string of the molecule is C[C@@H](NC(=O)c1cc(C(=O)N[C@@H](Cc2ccccc2)[C@@H](O)C(=O)Nc2ncc(-c3ccccc3)[nH]2)cc(N(C)S(C)(=O)=O)c1)c1ccccc1. The summed E-state index contributed by atoms with van der Waals surface area (Å²) in [5.74, 6) is -1.99. The van der Waals surface area contributed by atoms with E-state index in [2.05, 4.69) is 25.9 Å². The van der Waals surface area contributed by atoms with E-state index >= 15 is 0 Å². The fourth-order valence-corrected chi connectivity index (χ4v) is 5.72. The lowest BCUT2D eigenvalue weighted by Crippen LogP contribution is -2.50. The third-order valence-corrected chi connectivity index (χ3v) is 9.32. The first kappa shape index (κ1) is 35.5. The Hall–Kier alpha value is -5.79. The molecule has 5 aromatic rings. The topological polar surface area (TPSA) is 174 Å². The number of imidazole rings is 1. The Morgan fingerprint density at radius 2 is 1.40 bits per heavy atom. The second-order valence-corrected chi connectivity index (χ2v) is 13.8. The lowest BCUT2D eigenvalue weighted by Gasteiger charge is -2.24. The number of H-pyrrole nitrogens is 1. The predicted octanol–water partition coefficient (Wildman–Crippen LogP) is 4.30. The second-order valence-electron chi connectivity index (χ2n) is 11.8. The van der Waals surface area contributed by atoms with Crippen LogP contribution in [0.25, 0.3) is 11.3 Å². The number of nitrogens with one attached hydrogen (secondary N) is 4. The van der Waals surface area contributed by atoms with Gasteiger partial charge in [-0.05, 0) is 48.2 Å². The van der Waals surface area contributed by atoms with Gasteiger partial charge in [0.1, 0.15) is 0 Å². The predicted molar refractivity (Wildman–Crippen MR) is 192 cm³/mol. The largest absolute Gasteiger partial charge is 0.381 e. The minimum absolute atomic E-state index is 0.0378. The lowest BCUT2D eigenvalue weighted by molar-refractivity contribution is -0.125. The minimum Gasteiger partial charge on any atom is -0.381 e. The zero-order valence-electron chi connectivity index (χ0n) is 27.7. The number of aromatic amines is 1. The molecule has 12 nitrogen and oxygen atoms in total. The molecule has 0 radical (unpaired) electrons. The van der Waals surface area contributed by atoms with Crippen molar-refractivity contribution in [2.75, 3.05) is 22.9 Å². The maximum absolute atomic E-state index is 13.9. The summed E-state index contributed by atoms with van der Waals surface area (Å²) in [6.45, 7) is 1.80. The summed E-state index contributed by atoms with van der Waals surface area (Å²) in [5.41, 5.74) is 3.14. The van der Waals surface area contributed by atoms with Crippen LogP contribution in [0.5, 0.6) is 0 Å². The van der Waals surface area contributed by atoms with Crippen molar-refractivity contribution in [2.24, 2.45) is 0 Å². The molecule has 258 valence electrons. The third-order valence-electron chi connectivity index (χ3n) is 8.12. The van der Waals surface area contributed by atoms with Crippen molar-refractivity contribution in [1.29, 1.82) is 0 Å². The number of sulfonamides is 1. The molecule has 13 heteroatoms. The average Bonchev–Trinajstić information content (AvgIpc) is 3.59. The van der Waals surface area contributed by atoms with Crippen LogP contribution >= 0.6 is 0 Å². The maximum Gasteiger partial charge on any atom is 0.257 e. The summed E-state index contributed by atoms with van der Waals surface area (Å²) in [4.78, 5) is 47.8. The molecule has 3 amide bonds. The quantitative estimate of drug-likeness (QED) is 0.122. The van der Waals surface area contributed by atoms with Gasteiger partial charge in [0, 0.05) is 18.2 Å². The molecule has 5 N–H and O–H groups in total. The number of aliphatic hydroxyl groups excluding tert-OH is 1. The Labute approximate surface area is 290 Å². The Morgan fingerprint density at radius 3 is 2.00 bits per heavy atom. The van der Waals surface area contributed by atoms with E-state index in [1.807, 2.05) is 66.7 Å². The standard InChI is InChI=1S/C37H38N6O6S/c1-24(26-15-9-5-10-16-26)39-34(45)28-20-29(22-30(21-28)43(2)50(3,48)49)35(46)40-31(19-25-13-7-4-8-14-25)33(44)36(47)42-37-38-23-32(41-37)27-17-11-6-12-18-27/h4-18,20-24,31,33,44H,19H2,1-3H3,(H,39,45)(H,40,46)(H2,38,41,42,47)/t24-,31+,33-/m1/s1. The van der Waals surface area contributed by atoms with Gasteiger partial charge in [0.25, 0.3) is 17.7 Å². The molecule has 0 bridgehead atoms. The molecule has 0 saturated heterocycles. The van der Waals surface area contributed by atoms with Gasteiger partial charge < -0.3 is 20.7 Å². The molecule has 4 aromatic carbocycles. The fourth-order valence-electron chi connectivity index (χ4n) is 5.24. The van der Waals surface area contributed by atoms with E-state index in [-0.39, 0.29) is 35.2 Å². The highest BCUT2D eigenvalue weighted by molar-refractivity contribution is 7.92. The highest BCUT2D eigenvalue weighted by Gasteiger charge is 2.30. The van der Waals surface area contributed by atoms with E-state index in [9.17, 15) is 27.9 Å². The molecule has 50 heavy (non-hydrogen) atoms. The highest BCUT2D eigenvalue weighted by atomic mass is 32.2. The molecule has 0 unspecified atom stereocenters. The Morgan fingerprint density at radius 1 is 0.840 bits per heavy atom. The van der Waals surface area contributed by atoms with Crippen molar-refractivity contribution < 1.29 is 27.9 Å². The molecule has 1 heterocycles. The van der Waals surface area contributed by atoms with Gasteiger partial charge in [-0.25, -0.2) is 13.4 Å². The molecule has 0 spiro atoms. The Balaban J connectivity index is 1.41. The highest BCUT2D eigenvalue weighted by Crippen LogP contribution is 2.23. The number of aliphatic hydroxyl groups is 1. The number of hydrogen-bond donors (Lipinski definition) is 5. The Kier molecular flexibility index (Phi) is 11.1. The molecular weight excluding hydrogens is 657 g/mol. The first-order chi connectivity index (χ1) is 23.9. The summed E-state index contributed by atoms with van der Waals surface area (Å²) in [6.07, 6.45) is 0.888. The molecule has 5 rings (SSSR count). The van der Waals surface area contributed by atoms with Crippen LogP contribution in [0.3, 0.4) is 0 Å². The van der Waals surface area contributed by atoms with Crippen LogP contribution in [0.4, 0.5) is 11.6 Å². The van der Waals surface area contributed by atoms with Crippen LogP contribution in [-0.4, -0.2) is 66.7 Å². The van der Waals surface area contributed by atoms with Gasteiger partial charge in [-0.2, -0.15) is 0 Å². The number of amides is 3. The van der Waals surface area contributed by atoms with Crippen LogP contribution in [0, 0.1) is 0 Å². The van der Waals surface area contributed by atoms with Crippen LogP contribution in [0.15, 0.2) is 115 Å². The van der Waals surface area contributed by atoms with E-state index in [0.717, 1.165) is 27.3 Å². The van der Waals surface area contributed by atoms with Crippen molar-refractivity contribution in [3.05, 3.63) is 138 Å². The van der Waals surface area contributed by atoms with Crippen LogP contribution in [0.2, 0.25) is 0 Å². The van der Waals surface area contributed by atoms with Gasteiger partial charge in [0.2, 0.25) is 16.0 Å². The normalized spacial score (nSPS) is 13.0. The molecular formula is C37H38N6O6S. The van der Waals surface area contributed by atoms with Gasteiger partial charge in [-0.15, -0.1) is 0 Å². The Bertz CT molecular complexity index is 2060. The lowest BCUT2D eigenvalue weighted by atomic mass is 9.99. The number of benzene rings is 4. The van der Waals surface area contributed by atoms with Gasteiger partial charge in [0.15, 0.2) is 6.10 Å². The van der Waals surface area contributed by atoms with Gasteiger partial charge in [0.05, 0.1) is 35.9 Å². The van der Waals surface area contributed by atoms with Crippen LogP contribution in [0.1, 0.15) is 44.8 Å². The number of rotatable bonds is 13. The number of anilines is 2. The first-order valence-corrected chi connectivity index (χ1v) is 17.6. The first-order valence-electron chi connectivity index (χ1n) is 15.8. The zero-order valence-corrected chi connectivity index (χ0v) is 28.5. The number of carbonyl (C=O) groups excluding carboxylic acids is 3. The van der Waals surface area contributed by atoms with E-state index in [4.69, 9.17) is 0 Å². The molecule has 0 fully saturated rings. The van der Waals surface area contributed by atoms with Crippen molar-refractivity contribution >= 4 is 39.4 Å². The maximum atomic E-state index is 13.9. The smallest absolute Gasteiger partial charge is 0.257 e. The molecule has 0 saturated carbocycles. The van der Waals surface area contributed by atoms with Gasteiger partial charge >= 0.3 is 0 Å². The average molecular weight is 695 g/mol. The van der Waals surface area contributed by atoms with E-state index < -0.39 is 39.9 Å². The van der Waals surface area contributed by atoms with Crippen molar-refractivity contribution in [2.45, 2.75) is 31.5 Å². The number of carbonyl (C=O) groups is 3. The monoisotopic (exact) mass is 694 g/mol. The second kappa shape index (κ2) is 15.6. The third kappa shape index (κ3) is 9.01. The van der Waals surface area contributed by atoms with E-state index in [1.54, 1.807) is 37.4 Å². The van der Waals surface area contributed by atoms with Gasteiger partial charge in [-0.3, -0.25) is 24.0 Å². The van der Waals surface area contributed by atoms with Crippen molar-refractivity contribution in [1.82, 2.24) is 20.6 Å². The molecule has 3 atom stereocenters. The summed E-state index contributed by atoms with van der Waals surface area (Å²) >= 11 is 0. The number of aromatic nitrogens is 2. The fraction of sp³-hybridized carbons (Fsp3) is 0.189. The zero-order chi connectivity index (χ0) is 35.8. The van der Waals surface area contributed by atoms with E-state index in [0.29, 0.717) is 5.69 Å².